The molecule has 21 heavy (non-hydrogen) atoms. The third-order valence-corrected chi connectivity index (χ3v) is 3.78. The highest BCUT2D eigenvalue weighted by atomic mass is 35.5. The van der Waals surface area contributed by atoms with Gasteiger partial charge in [0.1, 0.15) is 5.75 Å². The van der Waals surface area contributed by atoms with Crippen molar-refractivity contribution in [3.05, 3.63) is 29.8 Å². The van der Waals surface area contributed by atoms with E-state index in [1.54, 1.807) is 7.11 Å². The van der Waals surface area contributed by atoms with E-state index in [4.69, 9.17) is 15.2 Å². The molecule has 2 rings (SSSR count). The van der Waals surface area contributed by atoms with E-state index in [0.717, 1.165) is 11.3 Å². The van der Waals surface area contributed by atoms with Gasteiger partial charge in [0.25, 0.3) is 0 Å². The Morgan fingerprint density at radius 1 is 1.43 bits per heavy atom. The van der Waals surface area contributed by atoms with Gasteiger partial charge >= 0.3 is 0 Å². The van der Waals surface area contributed by atoms with Crippen molar-refractivity contribution in [1.82, 2.24) is 5.32 Å². The number of amides is 1. The minimum absolute atomic E-state index is 0. The second-order valence-electron chi connectivity index (χ2n) is 5.24. The van der Waals surface area contributed by atoms with Crippen LogP contribution in [0.1, 0.15) is 31.4 Å². The molecule has 1 aliphatic rings. The van der Waals surface area contributed by atoms with E-state index in [9.17, 15) is 4.79 Å². The monoisotopic (exact) mass is 314 g/mol. The summed E-state index contributed by atoms with van der Waals surface area (Å²) in [6.07, 6.45) is 1.12. The molecule has 1 unspecified atom stereocenters. The topological polar surface area (TPSA) is 73.6 Å². The van der Waals surface area contributed by atoms with Crippen LogP contribution < -0.4 is 15.8 Å². The molecule has 1 aromatic rings. The fourth-order valence-electron chi connectivity index (χ4n) is 2.30. The lowest BCUT2D eigenvalue weighted by atomic mass is 9.90. The summed E-state index contributed by atoms with van der Waals surface area (Å²) >= 11 is 0. The van der Waals surface area contributed by atoms with Crippen molar-refractivity contribution >= 4 is 18.3 Å². The van der Waals surface area contributed by atoms with Crippen LogP contribution in [0.15, 0.2) is 24.3 Å². The van der Waals surface area contributed by atoms with Crippen molar-refractivity contribution in [1.29, 1.82) is 0 Å². The average molecular weight is 315 g/mol. The summed E-state index contributed by atoms with van der Waals surface area (Å²) in [6, 6.07) is 7.55. The smallest absolute Gasteiger partial charge is 0.240 e. The number of nitrogens with one attached hydrogen (secondary N) is 1. The molecule has 1 saturated heterocycles. The number of carbonyl (C=O) groups is 1. The highest BCUT2D eigenvalue weighted by Crippen LogP contribution is 2.22. The van der Waals surface area contributed by atoms with Crippen LogP contribution in [0.25, 0.3) is 0 Å². The van der Waals surface area contributed by atoms with Crippen molar-refractivity contribution in [3.63, 3.8) is 0 Å². The maximum Gasteiger partial charge on any atom is 0.240 e. The summed E-state index contributed by atoms with van der Waals surface area (Å²) in [5.74, 6) is 0.660. The van der Waals surface area contributed by atoms with E-state index in [2.05, 4.69) is 5.32 Å². The van der Waals surface area contributed by atoms with Gasteiger partial charge in [0.05, 0.1) is 18.7 Å². The predicted octanol–water partition coefficient (Wildman–Crippen LogP) is 1.80. The van der Waals surface area contributed by atoms with Gasteiger partial charge in [-0.25, -0.2) is 0 Å². The highest BCUT2D eigenvalue weighted by Gasteiger charge is 2.36. The molecule has 0 radical (unpaired) electrons. The maximum atomic E-state index is 12.3. The zero-order valence-electron chi connectivity index (χ0n) is 12.4. The molecule has 1 atom stereocenters. The summed E-state index contributed by atoms with van der Waals surface area (Å²) < 4.78 is 10.5. The quantitative estimate of drug-likeness (QED) is 0.889. The summed E-state index contributed by atoms with van der Waals surface area (Å²) in [5.41, 5.74) is 6.35. The largest absolute Gasteiger partial charge is 0.497 e. The maximum absolute atomic E-state index is 12.3. The third kappa shape index (κ3) is 4.33. The normalized spacial score (nSPS) is 18.2. The molecule has 0 aromatic heterocycles. The van der Waals surface area contributed by atoms with Gasteiger partial charge in [-0.3, -0.25) is 4.79 Å². The summed E-state index contributed by atoms with van der Waals surface area (Å²) in [4.78, 5) is 12.3. The van der Waals surface area contributed by atoms with Gasteiger partial charge in [-0.05, 0) is 37.5 Å². The first-order valence-corrected chi connectivity index (χ1v) is 6.87. The Kier molecular flexibility index (Phi) is 6.45. The van der Waals surface area contributed by atoms with Crippen molar-refractivity contribution in [3.8, 4) is 5.75 Å². The van der Waals surface area contributed by atoms with Crippen molar-refractivity contribution in [2.45, 2.75) is 31.3 Å². The molecule has 1 heterocycles. The lowest BCUT2D eigenvalue weighted by Crippen LogP contribution is -2.57. The Balaban J connectivity index is 0.00000220. The van der Waals surface area contributed by atoms with Gasteiger partial charge in [0.15, 0.2) is 0 Å². The standard InChI is InChI=1S/C15H22N2O3.ClH/c1-11(12-4-3-5-13(10-12)19-2)17-14(18)15(16)6-8-20-9-7-15;/h3-5,10-11H,6-9,16H2,1-2H3,(H,17,18);1H. The number of hydrogen-bond acceptors (Lipinski definition) is 4. The van der Waals surface area contributed by atoms with Crippen LogP contribution in [0.5, 0.6) is 5.75 Å². The number of benzene rings is 1. The van der Waals surface area contributed by atoms with E-state index in [0.29, 0.717) is 26.1 Å². The number of methoxy groups -OCH3 is 1. The van der Waals surface area contributed by atoms with Gasteiger partial charge < -0.3 is 20.5 Å². The predicted molar refractivity (Wildman–Crippen MR) is 83.8 cm³/mol. The van der Waals surface area contributed by atoms with E-state index in [1.165, 1.54) is 0 Å². The first kappa shape index (κ1) is 17.8. The van der Waals surface area contributed by atoms with Gasteiger partial charge in [-0.1, -0.05) is 12.1 Å². The first-order valence-electron chi connectivity index (χ1n) is 6.87. The number of ether oxygens (including phenoxy) is 2. The molecular weight excluding hydrogens is 292 g/mol. The van der Waals surface area contributed by atoms with Crippen molar-refractivity contribution in [2.24, 2.45) is 5.73 Å². The van der Waals surface area contributed by atoms with E-state index in [-0.39, 0.29) is 24.4 Å². The molecular formula is C15H23ClN2O3. The Morgan fingerprint density at radius 2 is 2.10 bits per heavy atom. The first-order chi connectivity index (χ1) is 9.55. The molecule has 0 spiro atoms. The minimum Gasteiger partial charge on any atom is -0.497 e. The summed E-state index contributed by atoms with van der Waals surface area (Å²) in [7, 11) is 1.62. The molecule has 3 N–H and O–H groups in total. The SMILES string of the molecule is COc1cccc(C(C)NC(=O)C2(N)CCOCC2)c1.Cl. The molecule has 5 nitrogen and oxygen atoms in total. The second-order valence-corrected chi connectivity index (χ2v) is 5.24. The highest BCUT2D eigenvalue weighted by molar-refractivity contribution is 5.86. The molecule has 0 saturated carbocycles. The lowest BCUT2D eigenvalue weighted by Gasteiger charge is -2.33. The van der Waals surface area contributed by atoms with Crippen molar-refractivity contribution < 1.29 is 14.3 Å². The lowest BCUT2D eigenvalue weighted by molar-refractivity contribution is -0.130. The molecule has 1 aliphatic heterocycles. The summed E-state index contributed by atoms with van der Waals surface area (Å²) in [6.45, 7) is 3.02. The van der Waals surface area contributed by atoms with Crippen LogP contribution in [0.4, 0.5) is 0 Å². The Hall–Kier alpha value is -1.30. The van der Waals surface area contributed by atoms with Gasteiger partial charge in [0, 0.05) is 13.2 Å². The zero-order chi connectivity index (χ0) is 14.6. The number of halogens is 1. The molecule has 0 bridgehead atoms. The molecule has 118 valence electrons. The van der Waals surface area contributed by atoms with Crippen LogP contribution >= 0.6 is 12.4 Å². The molecule has 6 heteroatoms. The summed E-state index contributed by atoms with van der Waals surface area (Å²) in [5, 5.41) is 2.98. The number of rotatable bonds is 4. The average Bonchev–Trinajstić information content (AvgIpc) is 2.48. The molecule has 1 fully saturated rings. The number of hydrogen-bond donors (Lipinski definition) is 2. The third-order valence-electron chi connectivity index (χ3n) is 3.78. The van der Waals surface area contributed by atoms with Gasteiger partial charge in [-0.2, -0.15) is 0 Å². The van der Waals surface area contributed by atoms with Crippen LogP contribution in [-0.2, 0) is 9.53 Å². The Bertz CT molecular complexity index is 476. The fraction of sp³-hybridized carbons (Fsp3) is 0.533. The number of nitrogens with two attached hydrogens (primary N) is 1. The molecule has 1 aromatic carbocycles. The zero-order valence-corrected chi connectivity index (χ0v) is 13.2. The fourth-order valence-corrected chi connectivity index (χ4v) is 2.30. The van der Waals surface area contributed by atoms with E-state index < -0.39 is 5.54 Å². The number of carbonyl (C=O) groups excluding carboxylic acids is 1. The molecule has 0 aliphatic carbocycles. The van der Waals surface area contributed by atoms with E-state index >= 15 is 0 Å². The van der Waals surface area contributed by atoms with Crippen LogP contribution in [-0.4, -0.2) is 31.8 Å². The van der Waals surface area contributed by atoms with Crippen LogP contribution in [0.2, 0.25) is 0 Å². The second kappa shape index (κ2) is 7.64. The van der Waals surface area contributed by atoms with E-state index in [1.807, 2.05) is 31.2 Å². The Morgan fingerprint density at radius 3 is 2.71 bits per heavy atom. The minimum atomic E-state index is -0.814. The van der Waals surface area contributed by atoms with Gasteiger partial charge in [0.2, 0.25) is 5.91 Å². The van der Waals surface area contributed by atoms with Crippen LogP contribution in [0.3, 0.4) is 0 Å². The van der Waals surface area contributed by atoms with Gasteiger partial charge in [-0.15, -0.1) is 12.4 Å². The molecule has 1 amide bonds. The van der Waals surface area contributed by atoms with Crippen LogP contribution in [0, 0.1) is 0 Å². The Labute approximate surface area is 131 Å². The van der Waals surface area contributed by atoms with Crippen molar-refractivity contribution in [2.75, 3.05) is 20.3 Å².